The number of hydrogen-bond acceptors (Lipinski definition) is 3. The van der Waals surface area contributed by atoms with Crippen molar-refractivity contribution in [2.45, 2.75) is 45.1 Å². The van der Waals surface area contributed by atoms with E-state index in [2.05, 4.69) is 19.8 Å². The molecule has 6 nitrogen and oxygen atoms in total. The Balaban J connectivity index is 0.00000242. The molecule has 0 spiro atoms. The van der Waals surface area contributed by atoms with Crippen molar-refractivity contribution >= 4 is 29.9 Å². The number of guanidine groups is 1. The summed E-state index contributed by atoms with van der Waals surface area (Å²) < 4.78 is 2.33. The highest BCUT2D eigenvalue weighted by molar-refractivity contribution is 14.0. The van der Waals surface area contributed by atoms with E-state index in [9.17, 15) is 0 Å². The van der Waals surface area contributed by atoms with Crippen molar-refractivity contribution in [3.63, 3.8) is 0 Å². The van der Waals surface area contributed by atoms with Crippen molar-refractivity contribution < 1.29 is 0 Å². The summed E-state index contributed by atoms with van der Waals surface area (Å²) in [5, 5.41) is 8.72. The van der Waals surface area contributed by atoms with Gasteiger partial charge in [-0.25, -0.2) is 0 Å². The second kappa shape index (κ2) is 9.32. The maximum atomic E-state index is 4.66. The molecule has 0 saturated heterocycles. The molecule has 0 fully saturated rings. The molecule has 1 aromatic heterocycles. The lowest BCUT2D eigenvalue weighted by atomic mass is 10.2. The molecule has 0 atom stereocenters. The van der Waals surface area contributed by atoms with Crippen molar-refractivity contribution in [2.75, 3.05) is 34.7 Å². The molecule has 1 aliphatic rings. The summed E-state index contributed by atoms with van der Waals surface area (Å²) in [6.07, 6.45) is 6.87. The zero-order valence-electron chi connectivity index (χ0n) is 14.2. The van der Waals surface area contributed by atoms with Gasteiger partial charge in [0, 0.05) is 54.1 Å². The first-order chi connectivity index (χ1) is 10.1. The van der Waals surface area contributed by atoms with Crippen LogP contribution in [0.4, 0.5) is 0 Å². The quantitative estimate of drug-likeness (QED) is 0.324. The smallest absolute Gasteiger partial charge is 0.195 e. The van der Waals surface area contributed by atoms with Crippen molar-refractivity contribution in [3.8, 4) is 0 Å². The van der Waals surface area contributed by atoms with Crippen LogP contribution in [0.3, 0.4) is 0 Å². The predicted molar refractivity (Wildman–Crippen MR) is 101 cm³/mol. The fraction of sp³-hybridized carbons (Fsp3) is 0.800. The number of aliphatic imine (C=N–C) groups is 1. The van der Waals surface area contributed by atoms with Crippen LogP contribution >= 0.6 is 24.0 Å². The van der Waals surface area contributed by atoms with E-state index in [1.54, 1.807) is 0 Å². The number of aromatic nitrogens is 3. The molecular formula is C15H29IN6. The summed E-state index contributed by atoms with van der Waals surface area (Å²) in [6, 6.07) is 0. The van der Waals surface area contributed by atoms with Crippen LogP contribution in [-0.4, -0.2) is 65.3 Å². The lowest BCUT2D eigenvalue weighted by Crippen LogP contribution is -2.35. The first-order valence-electron chi connectivity index (χ1n) is 7.89. The maximum absolute atomic E-state index is 4.66. The summed E-state index contributed by atoms with van der Waals surface area (Å²) in [4.78, 5) is 8.75. The molecule has 0 amide bonds. The van der Waals surface area contributed by atoms with Gasteiger partial charge in [-0.1, -0.05) is 6.42 Å². The lowest BCUT2D eigenvalue weighted by Gasteiger charge is -2.22. The van der Waals surface area contributed by atoms with E-state index in [0.29, 0.717) is 0 Å². The molecule has 7 heteroatoms. The Morgan fingerprint density at radius 2 is 1.82 bits per heavy atom. The standard InChI is InChI=1S/C15H28N6.HI/c1-19(2)15(20(3)4)16-11-8-10-14-18-17-13-9-6-5-7-12-21(13)14;/h5-12H2,1-4H3;1H. The summed E-state index contributed by atoms with van der Waals surface area (Å²) in [6.45, 7) is 1.91. The zero-order chi connectivity index (χ0) is 15.2. The van der Waals surface area contributed by atoms with Crippen LogP contribution in [0, 0.1) is 0 Å². The molecule has 2 heterocycles. The lowest BCUT2D eigenvalue weighted by molar-refractivity contribution is 0.478. The van der Waals surface area contributed by atoms with Crippen LogP contribution < -0.4 is 0 Å². The van der Waals surface area contributed by atoms with E-state index in [-0.39, 0.29) is 24.0 Å². The van der Waals surface area contributed by atoms with Crippen LogP contribution in [0.25, 0.3) is 0 Å². The molecule has 126 valence electrons. The van der Waals surface area contributed by atoms with E-state index >= 15 is 0 Å². The highest BCUT2D eigenvalue weighted by Gasteiger charge is 2.14. The summed E-state index contributed by atoms with van der Waals surface area (Å²) in [5.74, 6) is 3.32. The van der Waals surface area contributed by atoms with E-state index in [4.69, 9.17) is 0 Å². The van der Waals surface area contributed by atoms with Crippen LogP contribution in [0.2, 0.25) is 0 Å². The number of rotatable bonds is 4. The Morgan fingerprint density at radius 1 is 1.09 bits per heavy atom. The van der Waals surface area contributed by atoms with Crippen LogP contribution in [0.5, 0.6) is 0 Å². The number of hydrogen-bond donors (Lipinski definition) is 0. The van der Waals surface area contributed by atoms with Crippen LogP contribution in [0.15, 0.2) is 4.99 Å². The molecule has 1 aliphatic heterocycles. The monoisotopic (exact) mass is 420 g/mol. The third-order valence-corrected chi connectivity index (χ3v) is 3.80. The predicted octanol–water partition coefficient (Wildman–Crippen LogP) is 2.03. The van der Waals surface area contributed by atoms with E-state index in [0.717, 1.165) is 44.1 Å². The van der Waals surface area contributed by atoms with Crippen LogP contribution in [0.1, 0.15) is 37.3 Å². The van der Waals surface area contributed by atoms with Gasteiger partial charge in [-0.3, -0.25) is 4.99 Å². The largest absolute Gasteiger partial charge is 0.349 e. The topological polar surface area (TPSA) is 49.6 Å². The first kappa shape index (κ1) is 19.2. The minimum Gasteiger partial charge on any atom is -0.349 e. The molecule has 0 bridgehead atoms. The van der Waals surface area contributed by atoms with Gasteiger partial charge in [0.05, 0.1) is 0 Å². The van der Waals surface area contributed by atoms with E-state index < -0.39 is 0 Å². The second-order valence-corrected chi connectivity index (χ2v) is 6.07. The minimum absolute atomic E-state index is 0. The SMILES string of the molecule is CN(C)C(=NCCCc1nnc2n1CCCCC2)N(C)C.I. The Hall–Kier alpha value is -0.860. The molecule has 0 unspecified atom stereocenters. The van der Waals surface area contributed by atoms with Crippen molar-refractivity contribution in [1.82, 2.24) is 24.6 Å². The number of halogens is 1. The molecule has 1 aromatic rings. The van der Waals surface area contributed by atoms with Gasteiger partial charge in [0.25, 0.3) is 0 Å². The summed E-state index contributed by atoms with van der Waals surface area (Å²) in [7, 11) is 8.10. The van der Waals surface area contributed by atoms with Gasteiger partial charge in [0.15, 0.2) is 5.96 Å². The molecule has 0 saturated carbocycles. The van der Waals surface area contributed by atoms with Crippen LogP contribution in [-0.2, 0) is 19.4 Å². The molecular weight excluding hydrogens is 391 g/mol. The summed E-state index contributed by atoms with van der Waals surface area (Å²) in [5.41, 5.74) is 0. The highest BCUT2D eigenvalue weighted by Crippen LogP contribution is 2.15. The molecule has 2 rings (SSSR count). The summed E-state index contributed by atoms with van der Waals surface area (Å²) >= 11 is 0. The van der Waals surface area contributed by atoms with Gasteiger partial charge in [-0.15, -0.1) is 34.2 Å². The first-order valence-corrected chi connectivity index (χ1v) is 7.89. The Labute approximate surface area is 151 Å². The van der Waals surface area contributed by atoms with Gasteiger partial charge in [-0.2, -0.15) is 0 Å². The van der Waals surface area contributed by atoms with E-state index in [1.165, 1.54) is 25.1 Å². The second-order valence-electron chi connectivity index (χ2n) is 6.07. The molecule has 0 aliphatic carbocycles. The Morgan fingerprint density at radius 3 is 2.50 bits per heavy atom. The normalized spacial score (nSPS) is 13.6. The maximum Gasteiger partial charge on any atom is 0.195 e. The van der Waals surface area contributed by atoms with Gasteiger partial charge in [0.2, 0.25) is 0 Å². The fourth-order valence-electron chi connectivity index (χ4n) is 2.83. The van der Waals surface area contributed by atoms with Gasteiger partial charge in [-0.05, 0) is 19.3 Å². The van der Waals surface area contributed by atoms with Gasteiger partial charge in [0.1, 0.15) is 11.6 Å². The number of nitrogens with zero attached hydrogens (tertiary/aromatic N) is 6. The third-order valence-electron chi connectivity index (χ3n) is 3.80. The minimum atomic E-state index is 0. The molecule has 0 radical (unpaired) electrons. The Bertz CT molecular complexity index is 470. The molecule has 0 N–H and O–H groups in total. The molecule has 0 aromatic carbocycles. The zero-order valence-corrected chi connectivity index (χ0v) is 16.6. The van der Waals surface area contributed by atoms with Crippen molar-refractivity contribution in [3.05, 3.63) is 11.6 Å². The number of aryl methyl sites for hydroxylation is 2. The third kappa shape index (κ3) is 5.10. The van der Waals surface area contributed by atoms with Gasteiger partial charge >= 0.3 is 0 Å². The highest BCUT2D eigenvalue weighted by atomic mass is 127. The molecule has 22 heavy (non-hydrogen) atoms. The van der Waals surface area contributed by atoms with Crippen molar-refractivity contribution in [2.24, 2.45) is 4.99 Å². The number of fused-ring (bicyclic) bond motifs is 1. The Kier molecular flexibility index (Phi) is 8.13. The van der Waals surface area contributed by atoms with Gasteiger partial charge < -0.3 is 14.4 Å². The average molecular weight is 420 g/mol. The fourth-order valence-corrected chi connectivity index (χ4v) is 2.83. The van der Waals surface area contributed by atoms with E-state index in [1.807, 2.05) is 38.0 Å². The van der Waals surface area contributed by atoms with Crippen molar-refractivity contribution in [1.29, 1.82) is 0 Å². The average Bonchev–Trinajstić information content (AvgIpc) is 2.66.